The van der Waals surface area contributed by atoms with Crippen LogP contribution in [0.3, 0.4) is 0 Å². The number of aryl methyl sites for hydroxylation is 1. The number of piperidine rings is 1. The molecule has 0 spiro atoms. The number of methoxy groups -OCH3 is 1. The number of ether oxygens (including phenoxy) is 3. The second-order valence-corrected chi connectivity index (χ2v) is 11.8. The number of carbonyl (C=O) groups is 1. The first kappa shape index (κ1) is 28.6. The van der Waals surface area contributed by atoms with E-state index in [1.165, 1.54) is 16.7 Å². The largest absolute Gasteiger partial charge is 0.488 e. The Kier molecular flexibility index (Phi) is 8.74. The van der Waals surface area contributed by atoms with E-state index >= 15 is 0 Å². The highest BCUT2D eigenvalue weighted by Gasteiger charge is 2.35. The van der Waals surface area contributed by atoms with Gasteiger partial charge in [-0.2, -0.15) is 0 Å². The summed E-state index contributed by atoms with van der Waals surface area (Å²) in [5.41, 5.74) is 6.95. The molecular weight excluding hydrogens is 530 g/mol. The van der Waals surface area contributed by atoms with Crippen LogP contribution in [-0.2, 0) is 33.8 Å². The zero-order chi connectivity index (χ0) is 29.1. The molecule has 3 aliphatic rings. The van der Waals surface area contributed by atoms with Gasteiger partial charge in [-0.05, 0) is 73.6 Å². The summed E-state index contributed by atoms with van der Waals surface area (Å²) in [6.07, 6.45) is 3.48. The highest BCUT2D eigenvalue weighted by Crippen LogP contribution is 2.33. The molecule has 0 aliphatic carbocycles. The van der Waals surface area contributed by atoms with Gasteiger partial charge in [-0.1, -0.05) is 35.9 Å². The number of carboxylic acids is 1. The van der Waals surface area contributed by atoms with Crippen molar-refractivity contribution in [1.82, 2.24) is 9.88 Å². The number of hydrogen-bond donors (Lipinski definition) is 1. The van der Waals surface area contributed by atoms with E-state index in [0.717, 1.165) is 74.0 Å². The topological polar surface area (TPSA) is 84.4 Å². The third-order valence-corrected chi connectivity index (χ3v) is 9.06. The summed E-state index contributed by atoms with van der Waals surface area (Å²) < 4.78 is 17.5. The minimum absolute atomic E-state index is 0.374. The number of hydrogen-bond acceptors (Lipinski definition) is 7. The Morgan fingerprint density at radius 2 is 1.90 bits per heavy atom. The van der Waals surface area contributed by atoms with Gasteiger partial charge in [0.2, 0.25) is 0 Å². The zero-order valence-corrected chi connectivity index (χ0v) is 24.6. The van der Waals surface area contributed by atoms with Crippen LogP contribution in [-0.4, -0.2) is 73.1 Å². The average Bonchev–Trinajstić information content (AvgIpc) is 3.04. The molecule has 3 aromatic rings. The molecule has 222 valence electrons. The lowest BCUT2D eigenvalue weighted by molar-refractivity contribution is -0.147. The van der Waals surface area contributed by atoms with Gasteiger partial charge in [0.15, 0.2) is 0 Å². The van der Waals surface area contributed by atoms with E-state index in [9.17, 15) is 9.90 Å². The number of aromatic nitrogens is 1. The molecule has 2 aromatic carbocycles. The van der Waals surface area contributed by atoms with Crippen molar-refractivity contribution in [2.24, 2.45) is 5.92 Å². The van der Waals surface area contributed by atoms with Crippen molar-refractivity contribution in [3.05, 3.63) is 76.9 Å². The zero-order valence-electron chi connectivity index (χ0n) is 24.6. The summed E-state index contributed by atoms with van der Waals surface area (Å²) in [5, 5.41) is 9.56. The third-order valence-electron chi connectivity index (χ3n) is 9.06. The normalized spacial score (nSPS) is 21.6. The molecule has 3 aliphatic heterocycles. The molecule has 2 atom stereocenters. The SMILES string of the molecule is CO[C@H]1CN(c2cccc(-c3cc(C)ccc3OCc3ccc4c(c3)CCN(C3CCOCC3)C4)n2)CC[C@H]1C(=O)O. The Labute approximate surface area is 248 Å². The fourth-order valence-electron chi connectivity index (χ4n) is 6.61. The van der Waals surface area contributed by atoms with E-state index in [1.807, 2.05) is 24.3 Å². The van der Waals surface area contributed by atoms with Gasteiger partial charge in [-0.3, -0.25) is 9.69 Å². The molecule has 2 fully saturated rings. The number of nitrogens with zero attached hydrogens (tertiary/aromatic N) is 3. The molecule has 0 saturated carbocycles. The lowest BCUT2D eigenvalue weighted by Gasteiger charge is -2.37. The Bertz CT molecular complexity index is 1410. The van der Waals surface area contributed by atoms with Gasteiger partial charge in [0.1, 0.15) is 18.2 Å². The molecule has 1 aromatic heterocycles. The van der Waals surface area contributed by atoms with Gasteiger partial charge in [-0.25, -0.2) is 4.98 Å². The third kappa shape index (κ3) is 6.31. The number of rotatable bonds is 8. The van der Waals surface area contributed by atoms with Crippen molar-refractivity contribution < 1.29 is 24.1 Å². The van der Waals surface area contributed by atoms with Crippen LogP contribution in [0.2, 0.25) is 0 Å². The predicted octanol–water partition coefficient (Wildman–Crippen LogP) is 5.10. The van der Waals surface area contributed by atoms with Crippen LogP contribution in [0.1, 0.15) is 41.5 Å². The second-order valence-electron chi connectivity index (χ2n) is 11.8. The number of pyridine rings is 1. The minimum atomic E-state index is -0.805. The van der Waals surface area contributed by atoms with Crippen molar-refractivity contribution >= 4 is 11.8 Å². The molecule has 8 nitrogen and oxygen atoms in total. The van der Waals surface area contributed by atoms with Gasteiger partial charge >= 0.3 is 5.97 Å². The molecule has 1 N–H and O–H groups in total. The van der Waals surface area contributed by atoms with Crippen LogP contribution >= 0.6 is 0 Å². The maximum absolute atomic E-state index is 11.6. The molecule has 2 saturated heterocycles. The standard InChI is InChI=1S/C34H41N3O5/c1-23-6-9-31(42-22-24-7-8-26-20-36(14-10-25(26)19-24)27-12-16-41-17-13-27)29(18-23)30-4-3-5-33(35-30)37-15-11-28(34(38)39)32(21-37)40-2/h3-9,18-19,27-28,32H,10-17,20-22H2,1-2H3,(H,38,39)/t28-,32+/m1/s1. The molecule has 8 heteroatoms. The Hall–Kier alpha value is -3.46. The van der Waals surface area contributed by atoms with Crippen LogP contribution in [0.25, 0.3) is 11.3 Å². The molecule has 0 unspecified atom stereocenters. The summed E-state index contributed by atoms with van der Waals surface area (Å²) in [6.45, 7) is 7.56. The van der Waals surface area contributed by atoms with Crippen LogP contribution in [0, 0.1) is 12.8 Å². The van der Waals surface area contributed by atoms with Crippen molar-refractivity contribution in [3.8, 4) is 17.0 Å². The lowest BCUT2D eigenvalue weighted by Crippen LogP contribution is -2.47. The first-order chi connectivity index (χ1) is 20.5. The van der Waals surface area contributed by atoms with Crippen molar-refractivity contribution in [2.45, 2.75) is 57.9 Å². The van der Waals surface area contributed by atoms with Crippen LogP contribution in [0.5, 0.6) is 5.75 Å². The molecule has 42 heavy (non-hydrogen) atoms. The highest BCUT2D eigenvalue weighted by molar-refractivity contribution is 5.72. The fraction of sp³-hybridized carbons (Fsp3) is 0.471. The van der Waals surface area contributed by atoms with Crippen molar-refractivity contribution in [3.63, 3.8) is 0 Å². The van der Waals surface area contributed by atoms with Crippen molar-refractivity contribution in [1.29, 1.82) is 0 Å². The van der Waals surface area contributed by atoms with E-state index in [1.54, 1.807) is 7.11 Å². The van der Waals surface area contributed by atoms with Gasteiger partial charge in [0, 0.05) is 58.1 Å². The molecule has 0 bridgehead atoms. The Morgan fingerprint density at radius 1 is 1.05 bits per heavy atom. The van der Waals surface area contributed by atoms with E-state index in [0.29, 0.717) is 32.2 Å². The minimum Gasteiger partial charge on any atom is -0.488 e. The quantitative estimate of drug-likeness (QED) is 0.400. The van der Waals surface area contributed by atoms with Crippen LogP contribution < -0.4 is 9.64 Å². The predicted molar refractivity (Wildman–Crippen MR) is 162 cm³/mol. The first-order valence-corrected chi connectivity index (χ1v) is 15.1. The summed E-state index contributed by atoms with van der Waals surface area (Å²) in [4.78, 5) is 21.4. The van der Waals surface area contributed by atoms with Crippen molar-refractivity contribution in [2.75, 3.05) is 44.9 Å². The number of anilines is 1. The van der Waals surface area contributed by atoms with Gasteiger partial charge in [0.25, 0.3) is 0 Å². The maximum atomic E-state index is 11.6. The lowest BCUT2D eigenvalue weighted by atomic mass is 9.94. The van der Waals surface area contributed by atoms with E-state index in [4.69, 9.17) is 19.2 Å². The summed E-state index contributed by atoms with van der Waals surface area (Å²) in [7, 11) is 1.58. The highest BCUT2D eigenvalue weighted by atomic mass is 16.5. The first-order valence-electron chi connectivity index (χ1n) is 15.1. The molecule has 0 radical (unpaired) electrons. The Morgan fingerprint density at radius 3 is 2.71 bits per heavy atom. The Balaban J connectivity index is 1.16. The van der Waals surface area contributed by atoms with E-state index < -0.39 is 11.9 Å². The van der Waals surface area contributed by atoms with Gasteiger partial charge < -0.3 is 24.2 Å². The summed E-state index contributed by atoms with van der Waals surface area (Å²) in [6, 6.07) is 19.6. The fourth-order valence-corrected chi connectivity index (χ4v) is 6.61. The molecule has 0 amide bonds. The van der Waals surface area contributed by atoms with Crippen LogP contribution in [0.4, 0.5) is 5.82 Å². The number of fused-ring (bicyclic) bond motifs is 1. The average molecular weight is 572 g/mol. The number of aliphatic carboxylic acids is 1. The summed E-state index contributed by atoms with van der Waals surface area (Å²) in [5.74, 6) is 0.310. The van der Waals surface area contributed by atoms with Gasteiger partial charge in [0.05, 0.1) is 17.7 Å². The van der Waals surface area contributed by atoms with Gasteiger partial charge in [-0.15, -0.1) is 0 Å². The molecular formula is C34H41N3O5. The molecule has 4 heterocycles. The van der Waals surface area contributed by atoms with E-state index in [2.05, 4.69) is 47.1 Å². The maximum Gasteiger partial charge on any atom is 0.309 e. The van der Waals surface area contributed by atoms with Crippen LogP contribution in [0.15, 0.2) is 54.6 Å². The summed E-state index contributed by atoms with van der Waals surface area (Å²) >= 11 is 0. The number of carboxylic acid groups (broad SMARTS) is 1. The monoisotopic (exact) mass is 571 g/mol. The van der Waals surface area contributed by atoms with E-state index in [-0.39, 0.29) is 6.10 Å². The molecule has 6 rings (SSSR count). The second kappa shape index (κ2) is 12.8. The number of benzene rings is 2. The smallest absolute Gasteiger partial charge is 0.309 e.